The lowest BCUT2D eigenvalue weighted by atomic mass is 9.88. The van der Waals surface area contributed by atoms with Crippen LogP contribution in [0.25, 0.3) is 0 Å². The van der Waals surface area contributed by atoms with E-state index in [2.05, 4.69) is 65.5 Å². The van der Waals surface area contributed by atoms with E-state index in [4.69, 9.17) is 0 Å². The molecule has 1 atom stereocenters. The second kappa shape index (κ2) is 12.7. The average molecular weight is 291 g/mol. The maximum absolute atomic E-state index is 3.36. The molecule has 0 saturated heterocycles. The molecule has 0 heteroatoms. The molecule has 0 saturated carbocycles. The minimum absolute atomic E-state index is 0.440. The van der Waals surface area contributed by atoms with Gasteiger partial charge >= 0.3 is 0 Å². The Bertz CT molecular complexity index is 337. The summed E-state index contributed by atoms with van der Waals surface area (Å²) in [5.74, 6) is 0.691. The first-order chi connectivity index (χ1) is 9.84. The normalized spacial score (nSPS) is 11.4. The van der Waals surface area contributed by atoms with Crippen molar-refractivity contribution in [2.24, 2.45) is 5.41 Å². The van der Waals surface area contributed by atoms with Crippen LogP contribution in [0.1, 0.15) is 85.3 Å². The highest BCUT2D eigenvalue weighted by atomic mass is 14.2. The van der Waals surface area contributed by atoms with Gasteiger partial charge in [-0.25, -0.2) is 0 Å². The lowest BCUT2D eigenvalue weighted by Crippen LogP contribution is -2.06. The SMILES string of the molecule is C=CC.CC.CCC(C)c1ccc(CCC(C)(C)C)cc1. The third kappa shape index (κ3) is 12.4. The van der Waals surface area contributed by atoms with Crippen LogP contribution in [0.2, 0.25) is 0 Å². The first-order valence-corrected chi connectivity index (χ1v) is 8.50. The molecule has 0 N–H and O–H groups in total. The fourth-order valence-corrected chi connectivity index (χ4v) is 1.77. The third-order valence-electron chi connectivity index (χ3n) is 3.32. The second-order valence-electron chi connectivity index (χ2n) is 6.52. The Kier molecular flexibility index (Phi) is 13.4. The predicted molar refractivity (Wildman–Crippen MR) is 100 cm³/mol. The van der Waals surface area contributed by atoms with Gasteiger partial charge < -0.3 is 0 Å². The lowest BCUT2D eigenvalue weighted by molar-refractivity contribution is 0.378. The fraction of sp³-hybridized carbons (Fsp3) is 0.619. The molecule has 0 aliphatic heterocycles. The molecular formula is C21H38. The summed E-state index contributed by atoms with van der Waals surface area (Å²) >= 11 is 0. The lowest BCUT2D eigenvalue weighted by Gasteiger charge is -2.18. The number of hydrogen-bond acceptors (Lipinski definition) is 0. The highest BCUT2D eigenvalue weighted by Gasteiger charge is 2.10. The van der Waals surface area contributed by atoms with E-state index < -0.39 is 0 Å². The molecule has 122 valence electrons. The Morgan fingerprint density at radius 3 is 1.86 bits per heavy atom. The van der Waals surface area contributed by atoms with Crippen LogP contribution in [0.4, 0.5) is 0 Å². The van der Waals surface area contributed by atoms with Crippen molar-refractivity contribution in [3.8, 4) is 0 Å². The molecule has 0 aromatic heterocycles. The first kappa shape index (κ1) is 22.2. The van der Waals surface area contributed by atoms with Gasteiger partial charge in [-0.2, -0.15) is 0 Å². The number of allylic oxidation sites excluding steroid dienone is 1. The van der Waals surface area contributed by atoms with E-state index in [1.165, 1.54) is 30.4 Å². The van der Waals surface area contributed by atoms with Crippen molar-refractivity contribution in [1.82, 2.24) is 0 Å². The third-order valence-corrected chi connectivity index (χ3v) is 3.32. The molecule has 1 aromatic carbocycles. The van der Waals surface area contributed by atoms with Gasteiger partial charge in [0.1, 0.15) is 0 Å². The van der Waals surface area contributed by atoms with Gasteiger partial charge in [0, 0.05) is 0 Å². The summed E-state index contributed by atoms with van der Waals surface area (Å²) in [6.07, 6.45) is 5.43. The molecular weight excluding hydrogens is 252 g/mol. The van der Waals surface area contributed by atoms with Crippen LogP contribution in [-0.2, 0) is 6.42 Å². The van der Waals surface area contributed by atoms with E-state index in [0.29, 0.717) is 11.3 Å². The van der Waals surface area contributed by atoms with Crippen molar-refractivity contribution >= 4 is 0 Å². The van der Waals surface area contributed by atoms with E-state index in [0.717, 1.165) is 0 Å². The summed E-state index contributed by atoms with van der Waals surface area (Å²) in [5, 5.41) is 0. The van der Waals surface area contributed by atoms with Crippen molar-refractivity contribution in [3.63, 3.8) is 0 Å². The molecule has 21 heavy (non-hydrogen) atoms. The zero-order valence-electron chi connectivity index (χ0n) is 15.8. The van der Waals surface area contributed by atoms with Crippen molar-refractivity contribution in [2.45, 2.75) is 80.6 Å². The van der Waals surface area contributed by atoms with Gasteiger partial charge in [0.25, 0.3) is 0 Å². The number of rotatable bonds is 4. The van der Waals surface area contributed by atoms with Crippen molar-refractivity contribution in [3.05, 3.63) is 48.0 Å². The summed E-state index contributed by atoms with van der Waals surface area (Å²) < 4.78 is 0. The Labute approximate surface area is 134 Å². The molecule has 0 nitrogen and oxygen atoms in total. The maximum Gasteiger partial charge on any atom is -0.0193 e. The molecule has 0 aliphatic carbocycles. The van der Waals surface area contributed by atoms with Gasteiger partial charge in [0.2, 0.25) is 0 Å². The average Bonchev–Trinajstić information content (AvgIpc) is 2.47. The minimum Gasteiger partial charge on any atom is -0.103 e. The number of benzene rings is 1. The monoisotopic (exact) mass is 290 g/mol. The minimum atomic E-state index is 0.440. The summed E-state index contributed by atoms with van der Waals surface area (Å²) in [4.78, 5) is 0. The van der Waals surface area contributed by atoms with Gasteiger partial charge in [-0.05, 0) is 48.6 Å². The first-order valence-electron chi connectivity index (χ1n) is 8.50. The van der Waals surface area contributed by atoms with Gasteiger partial charge in [-0.1, -0.05) is 78.8 Å². The molecule has 0 heterocycles. The number of aryl methyl sites for hydroxylation is 1. The van der Waals surface area contributed by atoms with Crippen LogP contribution in [0.15, 0.2) is 36.9 Å². The molecule has 1 aromatic rings. The quantitative estimate of drug-likeness (QED) is 0.507. The molecule has 0 radical (unpaired) electrons. The van der Waals surface area contributed by atoms with Crippen molar-refractivity contribution < 1.29 is 0 Å². The van der Waals surface area contributed by atoms with Crippen LogP contribution in [0.3, 0.4) is 0 Å². The van der Waals surface area contributed by atoms with E-state index >= 15 is 0 Å². The van der Waals surface area contributed by atoms with E-state index in [9.17, 15) is 0 Å². The molecule has 0 spiro atoms. The van der Waals surface area contributed by atoms with E-state index in [1.54, 1.807) is 6.08 Å². The van der Waals surface area contributed by atoms with Gasteiger partial charge in [0.15, 0.2) is 0 Å². The Morgan fingerprint density at radius 2 is 1.52 bits per heavy atom. The van der Waals surface area contributed by atoms with Crippen molar-refractivity contribution in [1.29, 1.82) is 0 Å². The molecule has 0 aliphatic rings. The highest BCUT2D eigenvalue weighted by molar-refractivity contribution is 5.25. The maximum atomic E-state index is 3.36. The second-order valence-corrected chi connectivity index (χ2v) is 6.52. The van der Waals surface area contributed by atoms with Crippen LogP contribution in [0, 0.1) is 5.41 Å². The van der Waals surface area contributed by atoms with Gasteiger partial charge in [-0.3, -0.25) is 0 Å². The van der Waals surface area contributed by atoms with Gasteiger partial charge in [-0.15, -0.1) is 6.58 Å². The van der Waals surface area contributed by atoms with Crippen LogP contribution in [-0.4, -0.2) is 0 Å². The summed E-state index contributed by atoms with van der Waals surface area (Å²) in [6, 6.07) is 9.19. The van der Waals surface area contributed by atoms with E-state index in [-0.39, 0.29) is 0 Å². The van der Waals surface area contributed by atoms with Gasteiger partial charge in [0.05, 0.1) is 0 Å². The smallest absolute Gasteiger partial charge is 0.0193 e. The van der Waals surface area contributed by atoms with E-state index in [1.807, 2.05) is 20.8 Å². The van der Waals surface area contributed by atoms with Crippen LogP contribution in [0.5, 0.6) is 0 Å². The zero-order valence-corrected chi connectivity index (χ0v) is 15.8. The topological polar surface area (TPSA) is 0 Å². The Morgan fingerprint density at radius 1 is 1.10 bits per heavy atom. The molecule has 0 bridgehead atoms. The largest absolute Gasteiger partial charge is 0.103 e. The summed E-state index contributed by atoms with van der Waals surface area (Å²) in [6.45, 7) is 20.7. The molecule has 1 unspecified atom stereocenters. The number of hydrogen-bond donors (Lipinski definition) is 0. The molecule has 0 fully saturated rings. The highest BCUT2D eigenvalue weighted by Crippen LogP contribution is 2.23. The summed E-state index contributed by atoms with van der Waals surface area (Å²) in [5.41, 5.74) is 3.39. The standard InChI is InChI=1S/C16H26.C3H6.C2H6/c1-6-13(2)15-9-7-14(8-10-15)11-12-16(3,4)5;1-3-2;1-2/h7-10,13H,6,11-12H2,1-5H3;3H,1H2,2H3;1-2H3. The van der Waals surface area contributed by atoms with Crippen LogP contribution < -0.4 is 0 Å². The molecule has 1 rings (SSSR count). The Hall–Kier alpha value is -1.04. The predicted octanol–water partition coefficient (Wildman–Crippen LogP) is 7.40. The Balaban J connectivity index is 0. The van der Waals surface area contributed by atoms with Crippen LogP contribution >= 0.6 is 0 Å². The summed E-state index contributed by atoms with van der Waals surface area (Å²) in [7, 11) is 0. The molecule has 0 amide bonds. The zero-order chi connectivity index (χ0) is 16.9. The fourth-order valence-electron chi connectivity index (χ4n) is 1.77. The van der Waals surface area contributed by atoms with Crippen molar-refractivity contribution in [2.75, 3.05) is 0 Å².